The summed E-state index contributed by atoms with van der Waals surface area (Å²) in [6, 6.07) is 1.28. The molecule has 1 unspecified atom stereocenters. The smallest absolute Gasteiger partial charge is 0.338 e. The zero-order valence-corrected chi connectivity index (χ0v) is 13.7. The quantitative estimate of drug-likeness (QED) is 0.820. The average Bonchev–Trinajstić information content (AvgIpc) is 2.75. The molecule has 0 aliphatic carbocycles. The number of carbonyl (C=O) groups excluding carboxylic acids is 2. The van der Waals surface area contributed by atoms with Gasteiger partial charge in [-0.1, -0.05) is 13.8 Å². The number of nitrogens with one attached hydrogen (secondary N) is 1. The third-order valence-electron chi connectivity index (χ3n) is 4.21. The third kappa shape index (κ3) is 2.74. The van der Waals surface area contributed by atoms with E-state index in [1.54, 1.807) is 13.8 Å². The average molecular weight is 317 g/mol. The van der Waals surface area contributed by atoms with E-state index in [4.69, 9.17) is 0 Å². The topological polar surface area (TPSA) is 109 Å². The van der Waals surface area contributed by atoms with E-state index in [0.29, 0.717) is 5.69 Å². The van der Waals surface area contributed by atoms with E-state index in [-0.39, 0.29) is 40.3 Å². The molecule has 0 aromatic carbocycles. The Labute approximate surface area is 133 Å². The number of carboxylic acid groups (broad SMARTS) is 1. The van der Waals surface area contributed by atoms with Crippen LogP contribution in [0.15, 0.2) is 11.1 Å². The molecule has 1 aromatic rings. The standard InChI is InChI=1S/C16H19N3O4/c1-7(2)16(5)15(23)18-13(19-16)12-11(14(21)22)6-10(9(4)20)8(3)17-12/h6-7H,1-5H3,(H,21,22)(H,18,19,23). The van der Waals surface area contributed by atoms with E-state index in [1.165, 1.54) is 13.0 Å². The van der Waals surface area contributed by atoms with Gasteiger partial charge in [0.05, 0.1) is 5.56 Å². The van der Waals surface area contributed by atoms with Crippen molar-refractivity contribution >= 4 is 23.5 Å². The number of rotatable bonds is 4. The van der Waals surface area contributed by atoms with Crippen LogP contribution in [-0.4, -0.2) is 39.1 Å². The van der Waals surface area contributed by atoms with Crippen LogP contribution in [0.2, 0.25) is 0 Å². The number of aromatic nitrogens is 1. The SMILES string of the molecule is CC(=O)c1cc(C(=O)O)c(C2=NC(C)(C(C)C)C(=O)N2)nc1C. The molecule has 0 saturated carbocycles. The van der Waals surface area contributed by atoms with Gasteiger partial charge in [0.25, 0.3) is 5.91 Å². The highest BCUT2D eigenvalue weighted by Crippen LogP contribution is 2.27. The van der Waals surface area contributed by atoms with Crippen molar-refractivity contribution in [3.05, 3.63) is 28.6 Å². The van der Waals surface area contributed by atoms with Gasteiger partial charge in [-0.2, -0.15) is 0 Å². The van der Waals surface area contributed by atoms with E-state index >= 15 is 0 Å². The number of amidine groups is 1. The number of hydrogen-bond donors (Lipinski definition) is 2. The molecule has 2 heterocycles. The van der Waals surface area contributed by atoms with Crippen LogP contribution in [0.3, 0.4) is 0 Å². The predicted octanol–water partition coefficient (Wildman–Crippen LogP) is 1.58. The molecule has 0 spiro atoms. The first-order valence-electron chi connectivity index (χ1n) is 7.25. The lowest BCUT2D eigenvalue weighted by Crippen LogP contribution is -2.41. The van der Waals surface area contributed by atoms with Gasteiger partial charge in [0.15, 0.2) is 11.6 Å². The van der Waals surface area contributed by atoms with Gasteiger partial charge >= 0.3 is 5.97 Å². The predicted molar refractivity (Wildman–Crippen MR) is 83.9 cm³/mol. The van der Waals surface area contributed by atoms with Crippen LogP contribution in [0, 0.1) is 12.8 Å². The third-order valence-corrected chi connectivity index (χ3v) is 4.21. The summed E-state index contributed by atoms with van der Waals surface area (Å²) < 4.78 is 0. The van der Waals surface area contributed by atoms with Gasteiger partial charge in [-0.3, -0.25) is 9.59 Å². The summed E-state index contributed by atoms with van der Waals surface area (Å²) in [5.74, 6) is -1.74. The summed E-state index contributed by atoms with van der Waals surface area (Å²) in [6.07, 6.45) is 0. The number of ketones is 1. The number of hydrogen-bond acceptors (Lipinski definition) is 5. The molecule has 7 nitrogen and oxygen atoms in total. The highest BCUT2D eigenvalue weighted by Gasteiger charge is 2.43. The minimum absolute atomic E-state index is 0.0640. The molecule has 1 amide bonds. The van der Waals surface area contributed by atoms with Crippen LogP contribution >= 0.6 is 0 Å². The fourth-order valence-corrected chi connectivity index (χ4v) is 2.35. The molecule has 2 N–H and O–H groups in total. The monoisotopic (exact) mass is 317 g/mol. The van der Waals surface area contributed by atoms with Crippen molar-refractivity contribution in [2.75, 3.05) is 0 Å². The number of amides is 1. The Kier molecular flexibility index (Phi) is 4.07. The number of aliphatic imine (C=N–C) groups is 1. The van der Waals surface area contributed by atoms with Crippen LogP contribution < -0.4 is 5.32 Å². The molecular weight excluding hydrogens is 298 g/mol. The van der Waals surface area contributed by atoms with E-state index in [9.17, 15) is 19.5 Å². The highest BCUT2D eigenvalue weighted by atomic mass is 16.4. The number of aromatic carboxylic acids is 1. The van der Waals surface area contributed by atoms with E-state index in [0.717, 1.165) is 0 Å². The summed E-state index contributed by atoms with van der Waals surface area (Å²) in [5, 5.41) is 12.0. The second-order valence-electron chi connectivity index (χ2n) is 6.10. The number of carbonyl (C=O) groups is 3. The molecule has 0 saturated heterocycles. The van der Waals surface area contributed by atoms with Crippen molar-refractivity contribution in [1.29, 1.82) is 0 Å². The summed E-state index contributed by atoms with van der Waals surface area (Å²) >= 11 is 0. The molecule has 1 atom stereocenters. The van der Waals surface area contributed by atoms with Gasteiger partial charge in [0.1, 0.15) is 11.2 Å². The number of carboxylic acids is 1. The summed E-state index contributed by atoms with van der Waals surface area (Å²) in [4.78, 5) is 43.9. The number of aryl methyl sites for hydroxylation is 1. The van der Waals surface area contributed by atoms with Crippen LogP contribution in [0.1, 0.15) is 59.8 Å². The van der Waals surface area contributed by atoms with Crippen molar-refractivity contribution < 1.29 is 19.5 Å². The summed E-state index contributed by atoms with van der Waals surface area (Å²) in [6.45, 7) is 8.38. The normalized spacial score (nSPS) is 20.4. The molecule has 1 aliphatic rings. The Morgan fingerprint density at radius 3 is 2.35 bits per heavy atom. The van der Waals surface area contributed by atoms with Crippen LogP contribution in [0.5, 0.6) is 0 Å². The van der Waals surface area contributed by atoms with Gasteiger partial charge in [0, 0.05) is 11.3 Å². The van der Waals surface area contributed by atoms with Crippen molar-refractivity contribution in [3.8, 4) is 0 Å². The van der Waals surface area contributed by atoms with Crippen molar-refractivity contribution in [2.24, 2.45) is 10.9 Å². The fourth-order valence-electron chi connectivity index (χ4n) is 2.35. The maximum atomic E-state index is 12.2. The Morgan fingerprint density at radius 1 is 1.30 bits per heavy atom. The van der Waals surface area contributed by atoms with Gasteiger partial charge in [-0.25, -0.2) is 14.8 Å². The summed E-state index contributed by atoms with van der Waals surface area (Å²) in [7, 11) is 0. The van der Waals surface area contributed by atoms with Crippen molar-refractivity contribution in [1.82, 2.24) is 10.3 Å². The summed E-state index contributed by atoms with van der Waals surface area (Å²) in [5.41, 5.74) is -0.430. The molecule has 122 valence electrons. The van der Waals surface area contributed by atoms with Crippen molar-refractivity contribution in [2.45, 2.75) is 40.2 Å². The minimum atomic E-state index is -1.23. The van der Waals surface area contributed by atoms with Gasteiger partial charge in [-0.15, -0.1) is 0 Å². The van der Waals surface area contributed by atoms with E-state index in [1.807, 2.05) is 13.8 Å². The van der Waals surface area contributed by atoms with Crippen molar-refractivity contribution in [3.63, 3.8) is 0 Å². The molecule has 0 fully saturated rings. The largest absolute Gasteiger partial charge is 0.478 e. The number of Topliss-reactive ketones (excluding diaryl/α,β-unsaturated/α-hetero) is 1. The van der Waals surface area contributed by atoms with Crippen LogP contribution in [0.4, 0.5) is 0 Å². The lowest BCUT2D eigenvalue weighted by molar-refractivity contribution is -0.124. The zero-order chi connectivity index (χ0) is 17.5. The molecule has 1 aromatic heterocycles. The zero-order valence-electron chi connectivity index (χ0n) is 13.7. The maximum Gasteiger partial charge on any atom is 0.338 e. The van der Waals surface area contributed by atoms with Crippen LogP contribution in [0.25, 0.3) is 0 Å². The van der Waals surface area contributed by atoms with Gasteiger partial charge < -0.3 is 10.4 Å². The molecule has 7 heteroatoms. The lowest BCUT2D eigenvalue weighted by Gasteiger charge is -2.21. The Hall–Kier alpha value is -2.57. The maximum absolute atomic E-state index is 12.2. The Morgan fingerprint density at radius 2 is 1.91 bits per heavy atom. The molecule has 1 aliphatic heterocycles. The second-order valence-corrected chi connectivity index (χ2v) is 6.10. The van der Waals surface area contributed by atoms with Crippen LogP contribution in [-0.2, 0) is 4.79 Å². The second kappa shape index (κ2) is 5.57. The molecule has 2 rings (SSSR count). The van der Waals surface area contributed by atoms with Gasteiger partial charge in [-0.05, 0) is 32.8 Å². The minimum Gasteiger partial charge on any atom is -0.478 e. The van der Waals surface area contributed by atoms with Gasteiger partial charge in [0.2, 0.25) is 0 Å². The Bertz CT molecular complexity index is 752. The molecule has 23 heavy (non-hydrogen) atoms. The van der Waals surface area contributed by atoms with E-state index in [2.05, 4.69) is 15.3 Å². The Balaban J connectivity index is 2.65. The number of pyridine rings is 1. The first kappa shape index (κ1) is 16.8. The first-order valence-corrected chi connectivity index (χ1v) is 7.25. The fraction of sp³-hybridized carbons (Fsp3) is 0.438. The molecule has 0 radical (unpaired) electrons. The van der Waals surface area contributed by atoms with E-state index < -0.39 is 11.5 Å². The first-order chi connectivity index (χ1) is 10.6. The lowest BCUT2D eigenvalue weighted by atomic mass is 9.89. The number of nitrogens with zero attached hydrogens (tertiary/aromatic N) is 2. The molecular formula is C16H19N3O4. The molecule has 0 bridgehead atoms. The highest BCUT2D eigenvalue weighted by molar-refractivity contribution is 6.17.